The van der Waals surface area contributed by atoms with E-state index in [9.17, 15) is 8.42 Å². The normalized spacial score (nSPS) is 16.5. The van der Waals surface area contributed by atoms with E-state index in [0.717, 1.165) is 105 Å². The van der Waals surface area contributed by atoms with Crippen molar-refractivity contribution in [1.29, 1.82) is 0 Å². The lowest BCUT2D eigenvalue weighted by atomic mass is 9.91. The van der Waals surface area contributed by atoms with Crippen LogP contribution in [0.15, 0.2) is 67.1 Å². The standard InChI is InChI=1S/C19H28N4O2.C17H26N4O.C16H30N4O3S/c1-19(2,3)20-12-15-7-9-17(10-8-15)23-13-16(21-22-23)14-25-18-6-4-5-11-24-18;1-17(2,3)9-4-11-22-12-10-21-13-16(19-20-21)14-5-7-15(18)8-6-14;1-16(2,3)5-4-9-23-10-6-20-14-15(17-18-20)13-19-7-11-24(21,22)12-8-19/h7-10,13,18,20H,4-6,11-12,14H2,1-3H3;5-8,13H,4,9-12,18H2,1-3H3;14H,4-13H2,1-3H3. The summed E-state index contributed by atoms with van der Waals surface area (Å²) in [7, 11) is -2.83. The zero-order chi connectivity index (χ0) is 51.3. The van der Waals surface area contributed by atoms with Gasteiger partial charge in [-0.05, 0) is 106 Å². The smallest absolute Gasteiger partial charge is 0.158 e. The van der Waals surface area contributed by atoms with E-state index in [-0.39, 0.29) is 23.3 Å². The van der Waals surface area contributed by atoms with Gasteiger partial charge in [0.05, 0.1) is 68.2 Å². The molecular weight excluding hydrogens is 921 g/mol. The first-order valence-corrected chi connectivity index (χ1v) is 27.2. The maximum absolute atomic E-state index is 11.4. The van der Waals surface area contributed by atoms with Gasteiger partial charge in [-0.2, -0.15) is 0 Å². The van der Waals surface area contributed by atoms with Gasteiger partial charge >= 0.3 is 0 Å². The zero-order valence-corrected chi connectivity index (χ0v) is 45.0. The molecule has 5 heterocycles. The van der Waals surface area contributed by atoms with Crippen molar-refractivity contribution in [2.75, 3.05) is 63.4 Å². The lowest BCUT2D eigenvalue weighted by Crippen LogP contribution is -2.39. The number of rotatable bonds is 21. The number of sulfone groups is 1. The van der Waals surface area contributed by atoms with Gasteiger partial charge < -0.3 is 30.0 Å². The molecule has 0 bridgehead atoms. The summed E-state index contributed by atoms with van der Waals surface area (Å²) < 4.78 is 50.9. The van der Waals surface area contributed by atoms with Crippen LogP contribution in [0.25, 0.3) is 16.9 Å². The van der Waals surface area contributed by atoms with Crippen molar-refractivity contribution in [3.8, 4) is 16.9 Å². The monoisotopic (exact) mass is 1000 g/mol. The van der Waals surface area contributed by atoms with Crippen LogP contribution in [0.3, 0.4) is 0 Å². The first-order chi connectivity index (χ1) is 33.7. The summed E-state index contributed by atoms with van der Waals surface area (Å²) in [5.41, 5.74) is 13.1. The Morgan fingerprint density at radius 1 is 0.718 bits per heavy atom. The van der Waals surface area contributed by atoms with Crippen molar-refractivity contribution in [1.82, 2.24) is 55.2 Å². The number of nitrogen functional groups attached to an aromatic ring is 1. The Hall–Kier alpha value is -4.63. The number of benzene rings is 2. The Morgan fingerprint density at radius 3 is 1.92 bits per heavy atom. The van der Waals surface area contributed by atoms with Crippen LogP contribution in [0, 0.1) is 10.8 Å². The van der Waals surface area contributed by atoms with Crippen molar-refractivity contribution < 1.29 is 27.4 Å². The Kier molecular flexibility index (Phi) is 22.6. The van der Waals surface area contributed by atoms with Crippen molar-refractivity contribution in [3.05, 3.63) is 84.1 Å². The number of hydrogen-bond acceptors (Lipinski definition) is 15. The molecule has 7 rings (SSSR count). The lowest BCUT2D eigenvalue weighted by molar-refractivity contribution is -0.169. The van der Waals surface area contributed by atoms with E-state index >= 15 is 0 Å². The van der Waals surface area contributed by atoms with Crippen molar-refractivity contribution >= 4 is 15.5 Å². The SMILES string of the molecule is CC(C)(C)CCCOCCn1cc(-c2ccc(N)cc2)nn1.CC(C)(C)CCCOCCn1cc(CN2CCS(=O)(=O)CC2)nn1.CC(C)(C)NCc1ccc(-n2cc(COC3CCCCO3)nn2)cc1. The zero-order valence-electron chi connectivity index (χ0n) is 44.2. The average Bonchev–Trinajstić information content (AvgIpc) is 4.11. The molecule has 2 saturated heterocycles. The predicted molar refractivity (Wildman–Crippen MR) is 279 cm³/mol. The summed E-state index contributed by atoms with van der Waals surface area (Å²) >= 11 is 0. The first kappa shape index (κ1) is 57.3. The summed E-state index contributed by atoms with van der Waals surface area (Å²) in [4.78, 5) is 2.11. The van der Waals surface area contributed by atoms with Gasteiger partial charge in [0.1, 0.15) is 11.4 Å². The van der Waals surface area contributed by atoms with Crippen LogP contribution in [-0.2, 0) is 61.6 Å². The Bertz CT molecular complexity index is 2340. The highest BCUT2D eigenvalue weighted by Gasteiger charge is 2.22. The van der Waals surface area contributed by atoms with Gasteiger partial charge in [0.25, 0.3) is 0 Å². The van der Waals surface area contributed by atoms with E-state index in [2.05, 4.69) is 128 Å². The number of nitrogens with two attached hydrogens (primary N) is 1. The van der Waals surface area contributed by atoms with Gasteiger partial charge in [-0.25, -0.2) is 22.5 Å². The fraction of sp³-hybridized carbons (Fsp3) is 0.654. The molecule has 1 atom stereocenters. The van der Waals surface area contributed by atoms with Gasteiger partial charge in [0, 0.05) is 69.0 Å². The van der Waals surface area contributed by atoms with Gasteiger partial charge in [0.2, 0.25) is 0 Å². The Morgan fingerprint density at radius 2 is 1.32 bits per heavy atom. The quantitative estimate of drug-likeness (QED) is 0.0529. The first-order valence-electron chi connectivity index (χ1n) is 25.4. The second-order valence-electron chi connectivity index (χ2n) is 22.0. The maximum atomic E-state index is 11.4. The molecule has 0 saturated carbocycles. The molecule has 0 aliphatic carbocycles. The lowest BCUT2D eigenvalue weighted by Gasteiger charge is -2.25. The minimum absolute atomic E-state index is 0.103. The molecule has 2 aliphatic rings. The molecule has 3 aromatic heterocycles. The third-order valence-corrected chi connectivity index (χ3v) is 13.2. The van der Waals surface area contributed by atoms with Crippen LogP contribution in [0.5, 0.6) is 0 Å². The molecule has 2 aliphatic heterocycles. The van der Waals surface area contributed by atoms with E-state index in [4.69, 9.17) is 24.7 Å². The predicted octanol–water partition coefficient (Wildman–Crippen LogP) is 7.92. The highest BCUT2D eigenvalue weighted by atomic mass is 32.2. The summed E-state index contributed by atoms with van der Waals surface area (Å²) in [5, 5.41) is 28.4. The van der Waals surface area contributed by atoms with Crippen molar-refractivity contribution in [3.63, 3.8) is 0 Å². The van der Waals surface area contributed by atoms with Gasteiger partial charge in [0.15, 0.2) is 16.1 Å². The van der Waals surface area contributed by atoms with Crippen molar-refractivity contribution in [2.24, 2.45) is 10.8 Å². The molecule has 5 aromatic rings. The summed E-state index contributed by atoms with van der Waals surface area (Å²) in [5.74, 6) is 0.479. The number of nitrogens with zero attached hydrogens (tertiary/aromatic N) is 10. The topological polar surface area (TPSA) is 204 Å². The number of anilines is 1. The molecule has 19 heteroatoms. The van der Waals surface area contributed by atoms with E-state index in [0.29, 0.717) is 56.8 Å². The van der Waals surface area contributed by atoms with Crippen LogP contribution < -0.4 is 11.1 Å². The maximum Gasteiger partial charge on any atom is 0.158 e. The highest BCUT2D eigenvalue weighted by molar-refractivity contribution is 7.91. The third-order valence-electron chi connectivity index (χ3n) is 11.6. The largest absolute Gasteiger partial charge is 0.399 e. The summed E-state index contributed by atoms with van der Waals surface area (Å²) in [6.07, 6.45) is 13.4. The molecule has 18 nitrogen and oxygen atoms in total. The van der Waals surface area contributed by atoms with E-state index < -0.39 is 9.84 Å². The second-order valence-corrected chi connectivity index (χ2v) is 24.3. The van der Waals surface area contributed by atoms with Crippen LogP contribution in [0.4, 0.5) is 5.69 Å². The number of aromatic nitrogens is 9. The molecular formula is C52H84N12O6S. The van der Waals surface area contributed by atoms with Gasteiger partial charge in [-0.3, -0.25) is 4.90 Å². The van der Waals surface area contributed by atoms with Crippen LogP contribution in [-0.4, -0.2) is 128 Å². The fourth-order valence-corrected chi connectivity index (χ4v) is 8.70. The van der Waals surface area contributed by atoms with Crippen LogP contribution in [0.1, 0.15) is 124 Å². The van der Waals surface area contributed by atoms with Crippen molar-refractivity contribution in [2.45, 2.75) is 152 Å². The molecule has 0 radical (unpaired) electrons. The number of hydrogen-bond donors (Lipinski definition) is 2. The summed E-state index contributed by atoms with van der Waals surface area (Å²) in [6, 6.07) is 16.0. The van der Waals surface area contributed by atoms with E-state index in [1.165, 1.54) is 12.0 Å². The van der Waals surface area contributed by atoms with E-state index in [1.807, 2.05) is 47.5 Å². The molecule has 394 valence electrons. The second kappa shape index (κ2) is 28.0. The minimum Gasteiger partial charge on any atom is -0.399 e. The number of ether oxygens (including phenoxy) is 4. The highest BCUT2D eigenvalue weighted by Crippen LogP contribution is 2.22. The van der Waals surface area contributed by atoms with Gasteiger partial charge in [-0.15, -0.1) is 15.3 Å². The minimum atomic E-state index is -2.83. The number of nitrogens with one attached hydrogen (secondary N) is 1. The average molecular weight is 1010 g/mol. The van der Waals surface area contributed by atoms with Gasteiger partial charge in [-0.1, -0.05) is 81.4 Å². The molecule has 2 fully saturated rings. The molecule has 2 aromatic carbocycles. The Labute approximate surface area is 423 Å². The third kappa shape index (κ3) is 23.6. The molecule has 0 spiro atoms. The molecule has 3 N–H and O–H groups in total. The Balaban J connectivity index is 0.000000199. The fourth-order valence-electron chi connectivity index (χ4n) is 7.43. The van der Waals surface area contributed by atoms with E-state index in [1.54, 1.807) is 9.36 Å². The molecule has 0 amide bonds. The van der Waals surface area contributed by atoms with Crippen LogP contribution >= 0.6 is 0 Å². The van der Waals surface area contributed by atoms with Crippen LogP contribution in [0.2, 0.25) is 0 Å². The molecule has 71 heavy (non-hydrogen) atoms. The summed E-state index contributed by atoms with van der Waals surface area (Å²) in [6.45, 7) is 28.1. The molecule has 1 unspecified atom stereocenters.